The van der Waals surface area contributed by atoms with Crippen molar-refractivity contribution in [3.63, 3.8) is 0 Å². The molecule has 0 spiro atoms. The molecule has 0 aromatic heterocycles. The van der Waals surface area contributed by atoms with Crippen molar-refractivity contribution in [2.24, 2.45) is 0 Å². The van der Waals surface area contributed by atoms with E-state index in [1.54, 1.807) is 6.92 Å². The summed E-state index contributed by atoms with van der Waals surface area (Å²) in [5.41, 5.74) is 0. The minimum atomic E-state index is -1.79. The van der Waals surface area contributed by atoms with Gasteiger partial charge < -0.3 is 40.5 Å². The van der Waals surface area contributed by atoms with Gasteiger partial charge >= 0.3 is 0 Å². The first-order chi connectivity index (χ1) is 8.31. The van der Waals surface area contributed by atoms with Crippen LogP contribution in [0.3, 0.4) is 0 Å². The molecule has 0 aromatic rings. The van der Waals surface area contributed by atoms with Crippen LogP contribution in [0.25, 0.3) is 0 Å². The molecule has 8 heteroatoms. The average Bonchev–Trinajstić information content (AvgIpc) is 2.35. The van der Waals surface area contributed by atoms with Gasteiger partial charge in [0.2, 0.25) is 0 Å². The molecule has 0 rings (SSSR count). The van der Waals surface area contributed by atoms with Crippen molar-refractivity contribution in [2.75, 3.05) is 13.2 Å². The van der Waals surface area contributed by atoms with E-state index in [1.165, 1.54) is 0 Å². The summed E-state index contributed by atoms with van der Waals surface area (Å²) in [7, 11) is 0. The van der Waals surface area contributed by atoms with Crippen molar-refractivity contribution in [3.05, 3.63) is 0 Å². The summed E-state index contributed by atoms with van der Waals surface area (Å²) in [5, 5.41) is 60.0. The number of hydrogen-bond acceptors (Lipinski definition) is 8. The Morgan fingerprint density at radius 3 is 1.72 bits per heavy atom. The summed E-state index contributed by atoms with van der Waals surface area (Å²) < 4.78 is 0. The Hall–Kier alpha value is -0.610. The molecule has 0 bridgehead atoms. The zero-order valence-corrected chi connectivity index (χ0v) is 10.1. The van der Waals surface area contributed by atoms with Crippen LogP contribution in [0.2, 0.25) is 0 Å². The van der Waals surface area contributed by atoms with Gasteiger partial charge in [-0.2, -0.15) is 0 Å². The van der Waals surface area contributed by atoms with Crippen LogP contribution in [0.5, 0.6) is 0 Å². The lowest BCUT2D eigenvalue weighted by atomic mass is 10.0. The number of aliphatic hydroxyl groups excluding tert-OH is 7. The van der Waals surface area contributed by atoms with Gasteiger partial charge in [0, 0.05) is 6.61 Å². The van der Waals surface area contributed by atoms with Crippen LogP contribution in [-0.2, 0) is 4.79 Å². The predicted molar refractivity (Wildman–Crippen MR) is 60.6 cm³/mol. The molecule has 0 heterocycles. The van der Waals surface area contributed by atoms with E-state index < -0.39 is 31.0 Å². The van der Waals surface area contributed by atoms with Crippen molar-refractivity contribution in [2.45, 2.75) is 43.9 Å². The lowest BCUT2D eigenvalue weighted by Crippen LogP contribution is -2.46. The summed E-state index contributed by atoms with van der Waals surface area (Å²) in [6.07, 6.45) is -6.71. The Morgan fingerprint density at radius 1 is 1.00 bits per heavy atom. The third-order valence-corrected chi connectivity index (χ3v) is 1.97. The minimum absolute atomic E-state index is 0.0258. The Labute approximate surface area is 105 Å². The molecule has 0 saturated carbocycles. The quantitative estimate of drug-likeness (QED) is 0.233. The highest BCUT2D eigenvalue weighted by Gasteiger charge is 2.29. The van der Waals surface area contributed by atoms with Gasteiger partial charge in [-0.25, -0.2) is 0 Å². The van der Waals surface area contributed by atoms with Gasteiger partial charge in [-0.1, -0.05) is 0 Å². The molecule has 0 amide bonds. The van der Waals surface area contributed by atoms with Crippen LogP contribution in [0.1, 0.15) is 13.3 Å². The van der Waals surface area contributed by atoms with E-state index in [9.17, 15) is 4.79 Å². The molecular formula is C10H22O8. The summed E-state index contributed by atoms with van der Waals surface area (Å²) in [5.74, 6) is 0. The third-order valence-electron chi connectivity index (χ3n) is 1.97. The van der Waals surface area contributed by atoms with E-state index in [0.717, 1.165) is 0 Å². The van der Waals surface area contributed by atoms with Crippen LogP contribution in [0.15, 0.2) is 0 Å². The second-order valence-electron chi connectivity index (χ2n) is 3.72. The Bertz CT molecular complexity index is 198. The maximum atomic E-state index is 9.90. The number of aliphatic hydroxyl groups is 7. The number of carbonyl (C=O) groups is 1. The monoisotopic (exact) mass is 270 g/mol. The van der Waals surface area contributed by atoms with E-state index in [0.29, 0.717) is 6.42 Å². The maximum Gasteiger partial charge on any atom is 0.151 e. The number of rotatable bonds is 7. The van der Waals surface area contributed by atoms with E-state index in [-0.39, 0.29) is 19.0 Å². The molecule has 8 nitrogen and oxygen atoms in total. The maximum absolute atomic E-state index is 9.90. The standard InChI is InChI=1S/C6H12O6.C4H10O2/c7-1-3(9)5(11)6(12)4(10)2-8;1-4(6)2-3-5/h1,3-6,8-12H,2H2;4-6H,2-3H2,1H3. The van der Waals surface area contributed by atoms with Gasteiger partial charge in [-0.15, -0.1) is 0 Å². The Morgan fingerprint density at radius 2 is 1.50 bits per heavy atom. The number of aldehydes is 1. The first kappa shape index (κ1) is 19.7. The second-order valence-corrected chi connectivity index (χ2v) is 3.72. The van der Waals surface area contributed by atoms with E-state index in [1.807, 2.05) is 0 Å². The largest absolute Gasteiger partial charge is 0.396 e. The first-order valence-corrected chi connectivity index (χ1v) is 5.39. The molecule has 18 heavy (non-hydrogen) atoms. The van der Waals surface area contributed by atoms with Crippen molar-refractivity contribution < 1.29 is 40.5 Å². The molecule has 0 aliphatic heterocycles. The Kier molecular flexibility index (Phi) is 12.6. The summed E-state index contributed by atoms with van der Waals surface area (Å²) in [4.78, 5) is 9.90. The topological polar surface area (TPSA) is 159 Å². The number of carbonyl (C=O) groups excluding carboxylic acids is 1. The molecule has 0 aliphatic rings. The molecule has 5 atom stereocenters. The summed E-state index contributed by atoms with van der Waals surface area (Å²) >= 11 is 0. The van der Waals surface area contributed by atoms with Crippen LogP contribution >= 0.6 is 0 Å². The first-order valence-electron chi connectivity index (χ1n) is 5.39. The zero-order chi connectivity index (χ0) is 14.7. The van der Waals surface area contributed by atoms with Crippen LogP contribution in [0, 0.1) is 0 Å². The molecule has 7 N–H and O–H groups in total. The highest BCUT2D eigenvalue weighted by Crippen LogP contribution is 2.02. The molecule has 0 radical (unpaired) electrons. The van der Waals surface area contributed by atoms with Gasteiger partial charge in [0.15, 0.2) is 6.29 Å². The molecular weight excluding hydrogens is 248 g/mol. The minimum Gasteiger partial charge on any atom is -0.396 e. The average molecular weight is 270 g/mol. The highest BCUT2D eigenvalue weighted by atomic mass is 16.4. The van der Waals surface area contributed by atoms with Crippen molar-refractivity contribution in [3.8, 4) is 0 Å². The molecule has 0 aromatic carbocycles. The van der Waals surface area contributed by atoms with Crippen LogP contribution in [0.4, 0.5) is 0 Å². The lowest BCUT2D eigenvalue weighted by Gasteiger charge is -2.22. The van der Waals surface area contributed by atoms with Gasteiger partial charge in [0.05, 0.1) is 12.7 Å². The van der Waals surface area contributed by atoms with Gasteiger partial charge in [-0.05, 0) is 13.3 Å². The summed E-state index contributed by atoms with van der Waals surface area (Å²) in [6, 6.07) is 0. The second kappa shape index (κ2) is 11.5. The van der Waals surface area contributed by atoms with E-state index in [4.69, 9.17) is 35.7 Å². The van der Waals surface area contributed by atoms with Gasteiger partial charge in [0.1, 0.15) is 24.4 Å². The predicted octanol–water partition coefficient (Wildman–Crippen LogP) is -3.63. The molecule has 110 valence electrons. The van der Waals surface area contributed by atoms with Crippen molar-refractivity contribution >= 4 is 6.29 Å². The smallest absolute Gasteiger partial charge is 0.151 e. The zero-order valence-electron chi connectivity index (χ0n) is 10.1. The van der Waals surface area contributed by atoms with E-state index >= 15 is 0 Å². The van der Waals surface area contributed by atoms with Gasteiger partial charge in [0.25, 0.3) is 0 Å². The van der Waals surface area contributed by atoms with Gasteiger partial charge in [-0.3, -0.25) is 0 Å². The highest BCUT2D eigenvalue weighted by molar-refractivity contribution is 5.56. The third kappa shape index (κ3) is 9.42. The fourth-order valence-electron chi connectivity index (χ4n) is 0.805. The molecule has 0 aliphatic carbocycles. The van der Waals surface area contributed by atoms with Crippen molar-refractivity contribution in [1.82, 2.24) is 0 Å². The fourth-order valence-corrected chi connectivity index (χ4v) is 0.805. The molecule has 5 unspecified atom stereocenters. The van der Waals surface area contributed by atoms with Crippen molar-refractivity contribution in [1.29, 1.82) is 0 Å². The van der Waals surface area contributed by atoms with Crippen LogP contribution in [-0.4, -0.2) is 85.8 Å². The molecule has 0 saturated heterocycles. The van der Waals surface area contributed by atoms with E-state index in [2.05, 4.69) is 0 Å². The Balaban J connectivity index is 0. The summed E-state index contributed by atoms with van der Waals surface area (Å²) in [6.45, 7) is 0.970. The SMILES string of the molecule is CC(O)CCO.O=CC(O)C(O)C(O)C(O)CO. The van der Waals surface area contributed by atoms with Crippen LogP contribution < -0.4 is 0 Å². The fraction of sp³-hybridized carbons (Fsp3) is 0.900. The number of hydrogen-bond donors (Lipinski definition) is 7. The molecule has 0 fully saturated rings. The normalized spacial score (nSPS) is 18.9. The lowest BCUT2D eigenvalue weighted by molar-refractivity contribution is -0.136.